The first-order valence-corrected chi connectivity index (χ1v) is 8.00. The van der Waals surface area contributed by atoms with Crippen LogP contribution in [0.2, 0.25) is 0 Å². The summed E-state index contributed by atoms with van der Waals surface area (Å²) in [6.07, 6.45) is 0.902. The molecule has 1 aliphatic rings. The summed E-state index contributed by atoms with van der Waals surface area (Å²) in [5.41, 5.74) is 0.996. The number of ether oxygens (including phenoxy) is 1. The van der Waals surface area contributed by atoms with E-state index in [4.69, 9.17) is 4.74 Å². The van der Waals surface area contributed by atoms with Crippen LogP contribution in [-0.4, -0.2) is 36.5 Å². The Balaban J connectivity index is 1.92. The molecule has 0 bridgehead atoms. The van der Waals surface area contributed by atoms with Crippen LogP contribution in [0.15, 0.2) is 24.3 Å². The van der Waals surface area contributed by atoms with Crippen molar-refractivity contribution < 1.29 is 19.4 Å². The van der Waals surface area contributed by atoms with Crippen molar-refractivity contribution in [1.82, 2.24) is 4.90 Å². The number of likely N-dealkylation sites (tertiary alicyclic amines) is 1. The van der Waals surface area contributed by atoms with Crippen molar-refractivity contribution in [3.63, 3.8) is 0 Å². The van der Waals surface area contributed by atoms with Gasteiger partial charge in [0.1, 0.15) is 5.75 Å². The van der Waals surface area contributed by atoms with Crippen molar-refractivity contribution in [3.05, 3.63) is 29.8 Å². The number of nitrogens with zero attached hydrogens (tertiary/aromatic N) is 1. The number of benzene rings is 1. The zero-order valence-corrected chi connectivity index (χ0v) is 14.0. The van der Waals surface area contributed by atoms with E-state index in [1.54, 1.807) is 4.90 Å². The van der Waals surface area contributed by atoms with E-state index in [1.165, 1.54) is 0 Å². The highest BCUT2D eigenvalue weighted by molar-refractivity contribution is 5.78. The number of hydrogen-bond acceptors (Lipinski definition) is 4. The molecule has 1 aromatic carbocycles. The molecule has 0 unspecified atom stereocenters. The molecule has 126 valence electrons. The lowest BCUT2D eigenvalue weighted by molar-refractivity contribution is -0.312. The van der Waals surface area contributed by atoms with E-state index in [0.717, 1.165) is 11.3 Å². The third-order valence-corrected chi connectivity index (χ3v) is 4.23. The monoisotopic (exact) mass is 318 g/mol. The first kappa shape index (κ1) is 17.3. The molecule has 1 heterocycles. The predicted octanol–water partition coefficient (Wildman–Crippen LogP) is 1.35. The van der Waals surface area contributed by atoms with Crippen molar-refractivity contribution >= 4 is 11.9 Å². The summed E-state index contributed by atoms with van der Waals surface area (Å²) in [5, 5.41) is 10.8. The van der Waals surface area contributed by atoms with E-state index in [2.05, 4.69) is 20.8 Å². The van der Waals surface area contributed by atoms with Crippen molar-refractivity contribution in [2.75, 3.05) is 19.7 Å². The lowest BCUT2D eigenvalue weighted by Crippen LogP contribution is -2.45. The molecule has 0 aromatic heterocycles. The van der Waals surface area contributed by atoms with Gasteiger partial charge in [-0.25, -0.2) is 0 Å². The van der Waals surface area contributed by atoms with E-state index in [1.807, 2.05) is 24.3 Å². The highest BCUT2D eigenvalue weighted by Crippen LogP contribution is 2.31. The minimum atomic E-state index is -1.02. The molecule has 1 aromatic rings. The lowest BCUT2D eigenvalue weighted by Gasteiger charge is -2.32. The molecule has 0 spiro atoms. The highest BCUT2D eigenvalue weighted by atomic mass is 16.5. The number of carboxylic acids is 1. The van der Waals surface area contributed by atoms with Crippen LogP contribution in [-0.2, 0) is 15.0 Å². The third kappa shape index (κ3) is 4.47. The van der Waals surface area contributed by atoms with Crippen LogP contribution in [0.25, 0.3) is 0 Å². The van der Waals surface area contributed by atoms with E-state index < -0.39 is 11.9 Å². The Morgan fingerprint density at radius 1 is 1.22 bits per heavy atom. The van der Waals surface area contributed by atoms with Crippen LogP contribution in [0, 0.1) is 5.92 Å². The number of aliphatic carboxylic acids is 1. The van der Waals surface area contributed by atoms with Crippen LogP contribution in [0.3, 0.4) is 0 Å². The van der Waals surface area contributed by atoms with Gasteiger partial charge in [-0.3, -0.25) is 4.79 Å². The molecule has 0 aliphatic carbocycles. The molecule has 0 saturated carbocycles. The summed E-state index contributed by atoms with van der Waals surface area (Å²) in [6.45, 7) is 7.16. The topological polar surface area (TPSA) is 69.7 Å². The summed E-state index contributed by atoms with van der Waals surface area (Å²) in [4.78, 5) is 24.7. The second kappa shape index (κ2) is 7.02. The van der Waals surface area contributed by atoms with Crippen molar-refractivity contribution in [2.45, 2.75) is 39.0 Å². The zero-order valence-electron chi connectivity index (χ0n) is 14.0. The van der Waals surface area contributed by atoms with Gasteiger partial charge in [-0.1, -0.05) is 39.0 Å². The first-order valence-electron chi connectivity index (χ1n) is 8.00. The first-order chi connectivity index (χ1) is 10.8. The maximum atomic E-state index is 12.2. The van der Waals surface area contributed by atoms with Crippen molar-refractivity contribution in [1.29, 1.82) is 0 Å². The number of rotatable bonds is 4. The minimum absolute atomic E-state index is 0.0247. The van der Waals surface area contributed by atoms with Gasteiger partial charge in [-0.05, 0) is 29.9 Å². The van der Waals surface area contributed by atoms with Gasteiger partial charge in [-0.2, -0.15) is 0 Å². The SMILES string of the molecule is CC(C)(C)c1ccccc1OCC(=O)N1CCC(C(=O)[O-])CC1. The summed E-state index contributed by atoms with van der Waals surface area (Å²) < 4.78 is 5.73. The Morgan fingerprint density at radius 2 is 1.83 bits per heavy atom. The van der Waals surface area contributed by atoms with Crippen LogP contribution < -0.4 is 9.84 Å². The third-order valence-electron chi connectivity index (χ3n) is 4.23. The second-order valence-electron chi connectivity index (χ2n) is 7.01. The van der Waals surface area contributed by atoms with Gasteiger partial charge in [0.05, 0.1) is 0 Å². The molecule has 5 nitrogen and oxygen atoms in total. The molecule has 1 fully saturated rings. The molecule has 5 heteroatoms. The van der Waals surface area contributed by atoms with Crippen molar-refractivity contribution in [2.24, 2.45) is 5.92 Å². The Hall–Kier alpha value is -2.04. The standard InChI is InChI=1S/C18H25NO4/c1-18(2,3)14-6-4-5-7-15(14)23-12-16(20)19-10-8-13(9-11-19)17(21)22/h4-7,13H,8-12H2,1-3H3,(H,21,22)/p-1. The number of hydrogen-bond donors (Lipinski definition) is 0. The predicted molar refractivity (Wildman–Crippen MR) is 84.9 cm³/mol. The molecule has 1 aliphatic heterocycles. The number of carboxylic acid groups (broad SMARTS) is 1. The Kier molecular flexibility index (Phi) is 5.29. The Morgan fingerprint density at radius 3 is 2.39 bits per heavy atom. The van der Waals surface area contributed by atoms with Gasteiger partial charge in [-0.15, -0.1) is 0 Å². The lowest BCUT2D eigenvalue weighted by atomic mass is 9.86. The number of piperidine rings is 1. The van der Waals surface area contributed by atoms with E-state index in [0.29, 0.717) is 25.9 Å². The second-order valence-corrected chi connectivity index (χ2v) is 7.01. The van der Waals surface area contributed by atoms with Gasteiger partial charge in [0, 0.05) is 25.0 Å². The fraction of sp³-hybridized carbons (Fsp3) is 0.556. The van der Waals surface area contributed by atoms with Crippen LogP contribution in [0.4, 0.5) is 0 Å². The smallest absolute Gasteiger partial charge is 0.260 e. The number of carbonyl (C=O) groups excluding carboxylic acids is 2. The van der Waals surface area contributed by atoms with E-state index in [-0.39, 0.29) is 17.9 Å². The van der Waals surface area contributed by atoms with E-state index in [9.17, 15) is 14.7 Å². The molecule has 0 atom stereocenters. The largest absolute Gasteiger partial charge is 0.550 e. The quantitative estimate of drug-likeness (QED) is 0.840. The van der Waals surface area contributed by atoms with Gasteiger partial charge in [0.25, 0.3) is 5.91 Å². The maximum Gasteiger partial charge on any atom is 0.260 e. The molecule has 1 amide bonds. The average molecular weight is 318 g/mol. The summed E-state index contributed by atoms with van der Waals surface area (Å²) in [6, 6.07) is 7.72. The average Bonchev–Trinajstić information content (AvgIpc) is 2.52. The van der Waals surface area contributed by atoms with Gasteiger partial charge in [0.2, 0.25) is 0 Å². The Bertz CT molecular complexity index is 569. The van der Waals surface area contributed by atoms with Crippen LogP contribution in [0.5, 0.6) is 5.75 Å². The molecule has 23 heavy (non-hydrogen) atoms. The number of para-hydroxylation sites is 1. The normalized spacial score (nSPS) is 16.2. The fourth-order valence-corrected chi connectivity index (χ4v) is 2.81. The van der Waals surface area contributed by atoms with Crippen LogP contribution in [0.1, 0.15) is 39.2 Å². The summed E-state index contributed by atoms with van der Waals surface area (Å²) in [5.74, 6) is -0.850. The minimum Gasteiger partial charge on any atom is -0.550 e. The van der Waals surface area contributed by atoms with Gasteiger partial charge in [0.15, 0.2) is 6.61 Å². The molecular formula is C18H24NO4-. The molecular weight excluding hydrogens is 294 g/mol. The number of amides is 1. The molecule has 0 radical (unpaired) electrons. The van der Waals surface area contributed by atoms with Gasteiger partial charge >= 0.3 is 0 Å². The maximum absolute atomic E-state index is 12.2. The summed E-state index contributed by atoms with van der Waals surface area (Å²) >= 11 is 0. The van der Waals surface area contributed by atoms with Crippen molar-refractivity contribution in [3.8, 4) is 5.75 Å². The van der Waals surface area contributed by atoms with E-state index >= 15 is 0 Å². The fourth-order valence-electron chi connectivity index (χ4n) is 2.81. The molecule has 1 saturated heterocycles. The number of carbonyl (C=O) groups is 2. The zero-order chi connectivity index (χ0) is 17.0. The summed E-state index contributed by atoms with van der Waals surface area (Å²) in [7, 11) is 0. The molecule has 2 rings (SSSR count). The van der Waals surface area contributed by atoms with Gasteiger partial charge < -0.3 is 19.5 Å². The van der Waals surface area contributed by atoms with Crippen LogP contribution >= 0.6 is 0 Å². The highest BCUT2D eigenvalue weighted by Gasteiger charge is 2.24. The Labute approximate surface area is 137 Å². The molecule has 0 N–H and O–H groups in total.